The van der Waals surface area contributed by atoms with E-state index in [0.717, 1.165) is 19.1 Å². The summed E-state index contributed by atoms with van der Waals surface area (Å²) in [6, 6.07) is 4.87. The molecule has 0 aromatic heterocycles. The molecule has 0 radical (unpaired) electrons. The van der Waals surface area contributed by atoms with Crippen LogP contribution in [-0.2, 0) is 0 Å². The second kappa shape index (κ2) is 4.63. The molecule has 3 nitrogen and oxygen atoms in total. The van der Waals surface area contributed by atoms with Gasteiger partial charge in [-0.3, -0.25) is 4.90 Å². The van der Waals surface area contributed by atoms with Gasteiger partial charge < -0.3 is 10.6 Å². The van der Waals surface area contributed by atoms with Gasteiger partial charge in [-0.1, -0.05) is 11.6 Å². The molecule has 2 fully saturated rings. The molecule has 1 saturated carbocycles. The van der Waals surface area contributed by atoms with Crippen LogP contribution in [0.25, 0.3) is 0 Å². The van der Waals surface area contributed by atoms with E-state index in [9.17, 15) is 0 Å². The van der Waals surface area contributed by atoms with Gasteiger partial charge in [0.1, 0.15) is 0 Å². The zero-order chi connectivity index (χ0) is 12.7. The quantitative estimate of drug-likeness (QED) is 0.834. The molecule has 4 heteroatoms. The lowest BCUT2D eigenvalue weighted by molar-refractivity contribution is 0.248. The maximum Gasteiger partial charge on any atom is 0.0656 e. The van der Waals surface area contributed by atoms with Crippen molar-refractivity contribution in [2.75, 3.05) is 36.8 Å². The average molecular weight is 266 g/mol. The Hall–Kier alpha value is -0.930. The van der Waals surface area contributed by atoms with Crippen molar-refractivity contribution in [1.29, 1.82) is 0 Å². The van der Waals surface area contributed by atoms with Crippen LogP contribution in [0.15, 0.2) is 12.1 Å². The Bertz CT molecular complexity index is 449. The van der Waals surface area contributed by atoms with Crippen molar-refractivity contribution in [1.82, 2.24) is 4.90 Å². The van der Waals surface area contributed by atoms with Crippen molar-refractivity contribution in [3.63, 3.8) is 0 Å². The normalized spacial score (nSPS) is 21.3. The van der Waals surface area contributed by atoms with E-state index in [0.29, 0.717) is 10.7 Å². The molecule has 2 aliphatic rings. The molecule has 98 valence electrons. The van der Waals surface area contributed by atoms with Gasteiger partial charge in [0.2, 0.25) is 0 Å². The van der Waals surface area contributed by atoms with Gasteiger partial charge in [0.05, 0.1) is 10.7 Å². The molecule has 0 unspecified atom stereocenters. The molecule has 18 heavy (non-hydrogen) atoms. The van der Waals surface area contributed by atoms with Crippen LogP contribution < -0.4 is 10.6 Å². The van der Waals surface area contributed by atoms with E-state index in [1.807, 2.05) is 12.1 Å². The first-order valence-electron chi connectivity index (χ1n) is 6.70. The molecule has 1 aromatic carbocycles. The third-order valence-corrected chi connectivity index (χ3v) is 4.36. The molecule has 0 bridgehead atoms. The van der Waals surface area contributed by atoms with E-state index in [-0.39, 0.29) is 0 Å². The third-order valence-electron chi connectivity index (χ3n) is 4.03. The molecule has 1 aromatic rings. The van der Waals surface area contributed by atoms with Crippen molar-refractivity contribution >= 4 is 23.0 Å². The van der Waals surface area contributed by atoms with Gasteiger partial charge in [0.25, 0.3) is 0 Å². The highest BCUT2D eigenvalue weighted by molar-refractivity contribution is 6.33. The van der Waals surface area contributed by atoms with Gasteiger partial charge in [-0.2, -0.15) is 0 Å². The highest BCUT2D eigenvalue weighted by atomic mass is 35.5. The van der Waals surface area contributed by atoms with Gasteiger partial charge in [0.15, 0.2) is 0 Å². The standard InChI is InChI=1S/C14H20ClN3/c1-10-8-13(16)12(15)9-14(10)18-6-4-17(5-7-18)11-2-3-11/h8-9,11H,2-7,16H2,1H3. The van der Waals surface area contributed by atoms with E-state index >= 15 is 0 Å². The first kappa shape index (κ1) is 12.1. The second-order valence-corrected chi connectivity index (χ2v) is 5.82. The summed E-state index contributed by atoms with van der Waals surface area (Å²) in [4.78, 5) is 5.05. The summed E-state index contributed by atoms with van der Waals surface area (Å²) < 4.78 is 0. The van der Waals surface area contributed by atoms with Gasteiger partial charge in [-0.25, -0.2) is 0 Å². The number of hydrogen-bond acceptors (Lipinski definition) is 3. The zero-order valence-electron chi connectivity index (χ0n) is 10.8. The summed E-state index contributed by atoms with van der Waals surface area (Å²) in [6.07, 6.45) is 2.79. The highest BCUT2D eigenvalue weighted by Gasteiger charge is 2.31. The number of nitrogens with zero attached hydrogens (tertiary/aromatic N) is 2. The fourth-order valence-corrected chi connectivity index (χ4v) is 2.96. The number of aryl methyl sites for hydroxylation is 1. The maximum atomic E-state index is 6.13. The molecular formula is C14H20ClN3. The number of piperazine rings is 1. The number of hydrogen-bond donors (Lipinski definition) is 1. The Morgan fingerprint density at radius 3 is 2.44 bits per heavy atom. The van der Waals surface area contributed by atoms with Gasteiger partial charge in [-0.15, -0.1) is 0 Å². The molecule has 2 N–H and O–H groups in total. The zero-order valence-corrected chi connectivity index (χ0v) is 11.6. The molecule has 0 atom stereocenters. The van der Waals surface area contributed by atoms with Crippen LogP contribution in [0.1, 0.15) is 18.4 Å². The minimum Gasteiger partial charge on any atom is -0.398 e. The van der Waals surface area contributed by atoms with Crippen molar-refractivity contribution in [2.24, 2.45) is 0 Å². The summed E-state index contributed by atoms with van der Waals surface area (Å²) in [5.74, 6) is 0. The van der Waals surface area contributed by atoms with Crippen LogP contribution in [0.5, 0.6) is 0 Å². The molecule has 1 saturated heterocycles. The van der Waals surface area contributed by atoms with Crippen LogP contribution in [0.3, 0.4) is 0 Å². The first-order chi connectivity index (χ1) is 8.65. The number of benzene rings is 1. The summed E-state index contributed by atoms with van der Waals surface area (Å²) >= 11 is 6.13. The van der Waals surface area contributed by atoms with Crippen molar-refractivity contribution < 1.29 is 0 Å². The maximum absolute atomic E-state index is 6.13. The summed E-state index contributed by atoms with van der Waals surface area (Å²) in [6.45, 7) is 6.64. The fraction of sp³-hybridized carbons (Fsp3) is 0.571. The number of rotatable bonds is 2. The molecule has 1 aliphatic carbocycles. The van der Waals surface area contributed by atoms with E-state index in [4.69, 9.17) is 17.3 Å². The van der Waals surface area contributed by atoms with E-state index in [1.165, 1.54) is 37.2 Å². The number of anilines is 2. The summed E-state index contributed by atoms with van der Waals surface area (Å²) in [7, 11) is 0. The van der Waals surface area contributed by atoms with E-state index in [1.54, 1.807) is 0 Å². The molecule has 1 heterocycles. The van der Waals surface area contributed by atoms with E-state index in [2.05, 4.69) is 16.7 Å². The lowest BCUT2D eigenvalue weighted by Crippen LogP contribution is -2.47. The topological polar surface area (TPSA) is 32.5 Å². The predicted molar refractivity (Wildman–Crippen MR) is 77.4 cm³/mol. The summed E-state index contributed by atoms with van der Waals surface area (Å²) in [5, 5.41) is 0.667. The Labute approximate surface area is 114 Å². The summed E-state index contributed by atoms with van der Waals surface area (Å²) in [5.41, 5.74) is 8.97. The smallest absolute Gasteiger partial charge is 0.0656 e. The monoisotopic (exact) mass is 265 g/mol. The molecule has 0 amide bonds. The van der Waals surface area contributed by atoms with Crippen LogP contribution >= 0.6 is 11.6 Å². The van der Waals surface area contributed by atoms with Crippen molar-refractivity contribution in [3.8, 4) is 0 Å². The van der Waals surface area contributed by atoms with Crippen LogP contribution in [-0.4, -0.2) is 37.1 Å². The van der Waals surface area contributed by atoms with E-state index < -0.39 is 0 Å². The number of halogens is 1. The average Bonchev–Trinajstić information content (AvgIpc) is 3.18. The Kier molecular flexibility index (Phi) is 3.12. The minimum atomic E-state index is 0.667. The van der Waals surface area contributed by atoms with Gasteiger partial charge >= 0.3 is 0 Å². The largest absolute Gasteiger partial charge is 0.398 e. The Morgan fingerprint density at radius 1 is 1.17 bits per heavy atom. The lowest BCUT2D eigenvalue weighted by Gasteiger charge is -2.37. The number of nitrogen functional groups attached to an aromatic ring is 1. The predicted octanol–water partition coefficient (Wildman–Crippen LogP) is 2.52. The third kappa shape index (κ3) is 2.29. The first-order valence-corrected chi connectivity index (χ1v) is 7.07. The SMILES string of the molecule is Cc1cc(N)c(Cl)cc1N1CCN(C2CC2)CC1. The molecule has 1 aliphatic heterocycles. The van der Waals surface area contributed by atoms with Crippen molar-refractivity contribution in [2.45, 2.75) is 25.8 Å². The lowest BCUT2D eigenvalue weighted by atomic mass is 10.1. The van der Waals surface area contributed by atoms with Crippen LogP contribution in [0, 0.1) is 6.92 Å². The molecule has 0 spiro atoms. The Balaban J connectivity index is 1.73. The Morgan fingerprint density at radius 2 is 1.83 bits per heavy atom. The van der Waals surface area contributed by atoms with Crippen LogP contribution in [0.2, 0.25) is 5.02 Å². The minimum absolute atomic E-state index is 0.667. The fourth-order valence-electron chi connectivity index (χ4n) is 2.80. The van der Waals surface area contributed by atoms with Gasteiger partial charge in [0, 0.05) is 37.9 Å². The highest BCUT2D eigenvalue weighted by Crippen LogP contribution is 2.32. The molecule has 3 rings (SSSR count). The van der Waals surface area contributed by atoms with Crippen molar-refractivity contribution in [3.05, 3.63) is 22.7 Å². The second-order valence-electron chi connectivity index (χ2n) is 5.41. The van der Waals surface area contributed by atoms with Gasteiger partial charge in [-0.05, 0) is 37.5 Å². The van der Waals surface area contributed by atoms with Crippen LogP contribution in [0.4, 0.5) is 11.4 Å². The number of nitrogens with two attached hydrogens (primary N) is 1. The molecular weight excluding hydrogens is 246 g/mol.